The van der Waals surface area contributed by atoms with Crippen molar-refractivity contribution in [1.29, 1.82) is 0 Å². The number of hydrogen-bond donors (Lipinski definition) is 3. The lowest BCUT2D eigenvalue weighted by Gasteiger charge is -2.31. The molecular weight excluding hydrogens is 737 g/mol. The highest BCUT2D eigenvalue weighted by atomic mass is 79.9. The van der Waals surface area contributed by atoms with E-state index in [2.05, 4.69) is 26.8 Å². The van der Waals surface area contributed by atoms with E-state index in [1.54, 1.807) is 75.9 Å². The van der Waals surface area contributed by atoms with Crippen LogP contribution in [0.15, 0.2) is 88.3 Å². The van der Waals surface area contributed by atoms with E-state index in [1.165, 1.54) is 0 Å². The molecular formula is C36H36BrCl2N3O7. The number of aliphatic hydroxyl groups excluding tert-OH is 1. The first-order valence-electron chi connectivity index (χ1n) is 15.3. The van der Waals surface area contributed by atoms with Gasteiger partial charge in [0.15, 0.2) is 11.6 Å². The zero-order chi connectivity index (χ0) is 35.0. The van der Waals surface area contributed by atoms with Crippen molar-refractivity contribution in [3.05, 3.63) is 116 Å². The van der Waals surface area contributed by atoms with Crippen LogP contribution in [0, 0.1) is 0 Å². The van der Waals surface area contributed by atoms with Crippen LogP contribution in [0.2, 0.25) is 10.0 Å². The van der Waals surface area contributed by atoms with Crippen LogP contribution in [0.1, 0.15) is 34.8 Å². The highest BCUT2D eigenvalue weighted by molar-refractivity contribution is 9.10. The summed E-state index contributed by atoms with van der Waals surface area (Å²) in [5, 5.41) is 9.86. The van der Waals surface area contributed by atoms with Gasteiger partial charge in [0.25, 0.3) is 5.91 Å². The van der Waals surface area contributed by atoms with Gasteiger partial charge in [-0.3, -0.25) is 10.2 Å². The summed E-state index contributed by atoms with van der Waals surface area (Å²) in [6.07, 6.45) is -0.293. The number of methoxy groups -OCH3 is 3. The average molecular weight is 774 g/mol. The number of aliphatic hydroxyl groups is 1. The number of nitrogens with zero attached hydrogens (tertiary/aromatic N) is 1. The van der Waals surface area contributed by atoms with Crippen LogP contribution in [-0.4, -0.2) is 57.0 Å². The number of hydrogen-bond acceptors (Lipinski definition) is 9. The Bertz CT molecular complexity index is 1780. The first kappa shape index (κ1) is 36.3. The van der Waals surface area contributed by atoms with E-state index in [4.69, 9.17) is 57.0 Å². The lowest BCUT2D eigenvalue weighted by atomic mass is 9.82. The molecule has 1 amide bonds. The molecule has 3 N–H and O–H groups in total. The molecule has 0 saturated carbocycles. The molecule has 13 heteroatoms. The number of benzene rings is 4. The quantitative estimate of drug-likeness (QED) is 0.0886. The molecule has 2 atom stereocenters. The van der Waals surface area contributed by atoms with Crippen LogP contribution in [0.5, 0.6) is 23.0 Å². The van der Waals surface area contributed by atoms with E-state index in [-0.39, 0.29) is 25.5 Å². The maximum absolute atomic E-state index is 14.7. The van der Waals surface area contributed by atoms with E-state index in [1.807, 2.05) is 24.3 Å². The van der Waals surface area contributed by atoms with E-state index >= 15 is 0 Å². The molecule has 10 nitrogen and oxygen atoms in total. The lowest BCUT2D eigenvalue weighted by molar-refractivity contribution is -0.130. The Labute approximate surface area is 303 Å². The highest BCUT2D eigenvalue weighted by Crippen LogP contribution is 2.45. The molecule has 0 aromatic heterocycles. The number of amides is 1. The number of aliphatic imine (C=N–C) groups is 1. The first-order valence-corrected chi connectivity index (χ1v) is 16.9. The number of hydrazine groups is 1. The molecule has 4 aromatic carbocycles. The van der Waals surface area contributed by atoms with Gasteiger partial charge in [0.2, 0.25) is 5.90 Å². The van der Waals surface area contributed by atoms with Crippen molar-refractivity contribution in [2.45, 2.75) is 31.0 Å². The second kappa shape index (κ2) is 16.6. The molecule has 0 aliphatic carbocycles. The van der Waals surface area contributed by atoms with Gasteiger partial charge in [-0.05, 0) is 48.0 Å². The van der Waals surface area contributed by atoms with Crippen LogP contribution >= 0.6 is 39.1 Å². The SMILES string of the molecule is COc1cc(OC)c(CNNC(=O)[C@@]2(Cc3ccccc3Br)N=C(c3ccc(OCCCO)cc3)O[C@H]2c2ccc(Cl)cc2Cl)c(OC)c1. The van der Waals surface area contributed by atoms with Gasteiger partial charge < -0.3 is 28.8 Å². The van der Waals surface area contributed by atoms with Gasteiger partial charge in [-0.1, -0.05) is 63.4 Å². The molecule has 1 aliphatic heterocycles. The lowest BCUT2D eigenvalue weighted by Crippen LogP contribution is -2.53. The van der Waals surface area contributed by atoms with Crippen molar-refractivity contribution >= 4 is 50.9 Å². The van der Waals surface area contributed by atoms with Crippen molar-refractivity contribution < 1.29 is 33.6 Å². The molecule has 0 unspecified atom stereocenters. The maximum atomic E-state index is 14.7. The van der Waals surface area contributed by atoms with E-state index in [9.17, 15) is 4.79 Å². The van der Waals surface area contributed by atoms with E-state index in [0.29, 0.717) is 62.8 Å². The molecule has 258 valence electrons. The molecule has 0 bridgehead atoms. The van der Waals surface area contributed by atoms with Crippen LogP contribution in [0.3, 0.4) is 0 Å². The second-order valence-corrected chi connectivity index (χ2v) is 12.7. The molecule has 4 aromatic rings. The van der Waals surface area contributed by atoms with Gasteiger partial charge in [0.05, 0.1) is 33.5 Å². The summed E-state index contributed by atoms with van der Waals surface area (Å²) < 4.78 is 29.7. The maximum Gasteiger partial charge on any atom is 0.266 e. The third-order valence-corrected chi connectivity index (χ3v) is 9.31. The molecule has 0 spiro atoms. The standard InChI is InChI=1S/C36H36BrCl2N3O7/c1-45-26-18-31(46-2)28(32(19-26)47-3)21-40-42-35(44)36(20-23-7-4-5-8-29(23)37)33(27-14-11-24(38)17-30(27)39)49-34(41-36)22-9-12-25(13-10-22)48-16-6-15-43/h4-5,7-14,17-19,33,40,43H,6,15-16,20-21H2,1-3H3,(H,42,44)/t33-,36-/m0/s1. The van der Waals surface area contributed by atoms with Gasteiger partial charge in [0, 0.05) is 63.8 Å². The fourth-order valence-electron chi connectivity index (χ4n) is 5.48. The molecule has 0 fully saturated rings. The van der Waals surface area contributed by atoms with Crippen LogP contribution in [0.4, 0.5) is 0 Å². The van der Waals surface area contributed by atoms with Crippen LogP contribution < -0.4 is 29.8 Å². The predicted molar refractivity (Wildman–Crippen MR) is 192 cm³/mol. The van der Waals surface area contributed by atoms with Gasteiger partial charge in [-0.25, -0.2) is 10.4 Å². The molecule has 49 heavy (non-hydrogen) atoms. The van der Waals surface area contributed by atoms with Crippen molar-refractivity contribution in [2.24, 2.45) is 4.99 Å². The number of rotatable bonds is 15. The topological polar surface area (TPSA) is 120 Å². The Hall–Kier alpha value is -4.00. The van der Waals surface area contributed by atoms with Crippen LogP contribution in [-0.2, 0) is 22.5 Å². The Morgan fingerprint density at radius 1 is 0.959 bits per heavy atom. The summed E-state index contributed by atoms with van der Waals surface area (Å²) in [6.45, 7) is 0.560. The summed E-state index contributed by atoms with van der Waals surface area (Å²) in [7, 11) is 4.65. The number of halogens is 3. The zero-order valence-electron chi connectivity index (χ0n) is 27.1. The Kier molecular flexibility index (Phi) is 12.3. The summed E-state index contributed by atoms with van der Waals surface area (Å²) >= 11 is 16.7. The van der Waals surface area contributed by atoms with Crippen LogP contribution in [0.25, 0.3) is 0 Å². The summed E-state index contributed by atoms with van der Waals surface area (Å²) in [6, 6.07) is 23.3. The Balaban J connectivity index is 1.55. The number of carbonyl (C=O) groups is 1. The van der Waals surface area contributed by atoms with E-state index in [0.717, 1.165) is 10.0 Å². The third kappa shape index (κ3) is 8.25. The summed E-state index contributed by atoms with van der Waals surface area (Å²) in [4.78, 5) is 19.7. The van der Waals surface area contributed by atoms with Gasteiger partial charge in [-0.2, -0.15) is 0 Å². The van der Waals surface area contributed by atoms with Gasteiger partial charge in [0.1, 0.15) is 23.0 Å². The smallest absolute Gasteiger partial charge is 0.266 e. The number of ether oxygens (including phenoxy) is 5. The normalized spacial score (nSPS) is 16.8. The fraction of sp³-hybridized carbons (Fsp3) is 0.278. The monoisotopic (exact) mass is 771 g/mol. The van der Waals surface area contributed by atoms with Crippen molar-refractivity contribution in [3.63, 3.8) is 0 Å². The molecule has 5 rings (SSSR count). The van der Waals surface area contributed by atoms with Gasteiger partial charge >= 0.3 is 0 Å². The van der Waals surface area contributed by atoms with Gasteiger partial charge in [-0.15, -0.1) is 0 Å². The third-order valence-electron chi connectivity index (χ3n) is 7.98. The number of carbonyl (C=O) groups excluding carboxylic acids is 1. The molecule has 1 heterocycles. The number of nitrogens with one attached hydrogen (secondary N) is 2. The average Bonchev–Trinajstić information content (AvgIpc) is 3.49. The minimum absolute atomic E-state index is 0.0368. The minimum Gasteiger partial charge on any atom is -0.496 e. The first-order chi connectivity index (χ1) is 23.7. The predicted octanol–water partition coefficient (Wildman–Crippen LogP) is 6.86. The Morgan fingerprint density at radius 2 is 1.67 bits per heavy atom. The van der Waals surface area contributed by atoms with Crippen molar-refractivity contribution in [2.75, 3.05) is 34.5 Å². The van der Waals surface area contributed by atoms with Crippen molar-refractivity contribution in [1.82, 2.24) is 10.9 Å². The second-order valence-electron chi connectivity index (χ2n) is 11.0. The van der Waals surface area contributed by atoms with Crippen molar-refractivity contribution in [3.8, 4) is 23.0 Å². The molecule has 1 aliphatic rings. The summed E-state index contributed by atoms with van der Waals surface area (Å²) in [5.41, 5.74) is 7.04. The highest BCUT2D eigenvalue weighted by Gasteiger charge is 2.54. The molecule has 0 saturated heterocycles. The summed E-state index contributed by atoms with van der Waals surface area (Å²) in [5.74, 6) is 1.99. The largest absolute Gasteiger partial charge is 0.496 e. The fourth-order valence-corrected chi connectivity index (χ4v) is 6.41. The minimum atomic E-state index is -1.55. The van der Waals surface area contributed by atoms with E-state index < -0.39 is 17.6 Å². The molecule has 0 radical (unpaired) electrons. The zero-order valence-corrected chi connectivity index (χ0v) is 30.2. The Morgan fingerprint density at radius 3 is 2.31 bits per heavy atom.